The number of halogens is 1. The van der Waals surface area contributed by atoms with Crippen molar-refractivity contribution in [3.05, 3.63) is 34.9 Å². The molecule has 1 aromatic rings. The van der Waals surface area contributed by atoms with Gasteiger partial charge < -0.3 is 10.8 Å². The lowest BCUT2D eigenvalue weighted by atomic mass is 9.85. The Bertz CT molecular complexity index is 361. The van der Waals surface area contributed by atoms with Gasteiger partial charge in [-0.25, -0.2) is 0 Å². The summed E-state index contributed by atoms with van der Waals surface area (Å²) in [5, 5.41) is 10.3. The van der Waals surface area contributed by atoms with Gasteiger partial charge in [0, 0.05) is 22.1 Å². The molecule has 0 bridgehead atoms. The van der Waals surface area contributed by atoms with Gasteiger partial charge in [0.1, 0.15) is 0 Å². The summed E-state index contributed by atoms with van der Waals surface area (Å²) < 4.78 is 0. The Morgan fingerprint density at radius 3 is 2.28 bits per heavy atom. The normalized spacial score (nSPS) is 15.4. The van der Waals surface area contributed by atoms with E-state index in [9.17, 15) is 5.11 Å². The molecule has 0 saturated heterocycles. The fourth-order valence-corrected chi connectivity index (χ4v) is 3.06. The Kier molecular flexibility index (Phi) is 5.99. The molecule has 0 aliphatic carbocycles. The molecule has 0 aliphatic heterocycles. The van der Waals surface area contributed by atoms with Crippen molar-refractivity contribution in [3.8, 4) is 0 Å². The van der Waals surface area contributed by atoms with Crippen LogP contribution in [0.25, 0.3) is 0 Å². The van der Waals surface area contributed by atoms with Crippen molar-refractivity contribution in [1.29, 1.82) is 0 Å². The number of hydrogen-bond acceptors (Lipinski definition) is 3. The molecule has 1 rings (SSSR count). The number of aliphatic hydroxyl groups excluding tert-OH is 1. The predicted molar refractivity (Wildman–Crippen MR) is 81.1 cm³/mol. The Morgan fingerprint density at radius 1 is 1.28 bits per heavy atom. The molecule has 0 fully saturated rings. The molecule has 0 spiro atoms. The zero-order chi connectivity index (χ0) is 13.8. The molecular weight excluding hydrogens is 266 g/mol. The lowest BCUT2D eigenvalue weighted by Gasteiger charge is -2.32. The fraction of sp³-hybridized carbons (Fsp3) is 0.571. The molecule has 0 heterocycles. The molecule has 2 nitrogen and oxygen atoms in total. The molecule has 0 amide bonds. The average Bonchev–Trinajstić information content (AvgIpc) is 2.31. The summed E-state index contributed by atoms with van der Waals surface area (Å²) >= 11 is 7.54. The molecule has 0 aromatic heterocycles. The zero-order valence-corrected chi connectivity index (χ0v) is 12.8. The first kappa shape index (κ1) is 15.8. The van der Waals surface area contributed by atoms with Crippen LogP contribution in [0.3, 0.4) is 0 Å². The number of rotatable bonds is 5. The summed E-state index contributed by atoms with van der Waals surface area (Å²) in [6.45, 7) is 6.41. The van der Waals surface area contributed by atoms with Crippen LogP contribution in [0, 0.1) is 5.41 Å². The van der Waals surface area contributed by atoms with E-state index in [1.165, 1.54) is 5.56 Å². The average molecular weight is 288 g/mol. The van der Waals surface area contributed by atoms with Gasteiger partial charge in [-0.3, -0.25) is 0 Å². The van der Waals surface area contributed by atoms with Gasteiger partial charge in [-0.15, -0.1) is 11.8 Å². The van der Waals surface area contributed by atoms with Crippen molar-refractivity contribution in [2.45, 2.75) is 37.8 Å². The molecule has 0 radical (unpaired) electrons. The number of nitrogens with two attached hydrogens (primary N) is 1. The second-order valence-electron chi connectivity index (χ2n) is 5.55. The first-order valence-electron chi connectivity index (χ1n) is 6.07. The number of hydrogen-bond donors (Lipinski definition) is 2. The van der Waals surface area contributed by atoms with Crippen molar-refractivity contribution < 1.29 is 5.11 Å². The van der Waals surface area contributed by atoms with E-state index < -0.39 is 0 Å². The van der Waals surface area contributed by atoms with Crippen LogP contribution in [0.15, 0.2) is 24.3 Å². The van der Waals surface area contributed by atoms with Crippen LogP contribution in [0.4, 0.5) is 0 Å². The SMILES string of the molecule is CC(C)(C)C(N)C(CO)SCc1ccc(Cl)cc1. The second-order valence-corrected chi connectivity index (χ2v) is 7.21. The minimum absolute atomic E-state index is 0.000390. The third-order valence-corrected chi connectivity index (χ3v) is 4.58. The van der Waals surface area contributed by atoms with E-state index >= 15 is 0 Å². The first-order chi connectivity index (χ1) is 8.34. The van der Waals surface area contributed by atoms with Crippen LogP contribution >= 0.6 is 23.4 Å². The molecule has 4 heteroatoms. The van der Waals surface area contributed by atoms with E-state index in [0.717, 1.165) is 10.8 Å². The van der Waals surface area contributed by atoms with Crippen LogP contribution in [0.1, 0.15) is 26.3 Å². The van der Waals surface area contributed by atoms with Crippen LogP contribution in [0.5, 0.6) is 0 Å². The van der Waals surface area contributed by atoms with Gasteiger partial charge in [-0.05, 0) is 23.1 Å². The van der Waals surface area contributed by atoms with Gasteiger partial charge in [-0.2, -0.15) is 0 Å². The number of aliphatic hydroxyl groups is 1. The highest BCUT2D eigenvalue weighted by Gasteiger charge is 2.28. The summed E-state index contributed by atoms with van der Waals surface area (Å²) in [6.07, 6.45) is 0. The van der Waals surface area contributed by atoms with Gasteiger partial charge >= 0.3 is 0 Å². The zero-order valence-electron chi connectivity index (χ0n) is 11.2. The molecule has 1 aromatic carbocycles. The van der Waals surface area contributed by atoms with Crippen molar-refractivity contribution in [3.63, 3.8) is 0 Å². The summed E-state index contributed by atoms with van der Waals surface area (Å²) in [5.41, 5.74) is 7.39. The van der Waals surface area contributed by atoms with Crippen molar-refractivity contribution >= 4 is 23.4 Å². The lowest BCUT2D eigenvalue weighted by molar-refractivity contribution is 0.233. The van der Waals surface area contributed by atoms with Crippen molar-refractivity contribution in [1.82, 2.24) is 0 Å². The van der Waals surface area contributed by atoms with Crippen LogP contribution in [-0.2, 0) is 5.75 Å². The summed E-state index contributed by atoms with van der Waals surface area (Å²) in [4.78, 5) is 0. The third kappa shape index (κ3) is 4.81. The van der Waals surface area contributed by atoms with Crippen molar-refractivity contribution in [2.24, 2.45) is 11.1 Å². The Hall–Kier alpha value is -0.220. The van der Waals surface area contributed by atoms with E-state index in [2.05, 4.69) is 20.8 Å². The van der Waals surface area contributed by atoms with E-state index in [0.29, 0.717) is 0 Å². The number of thioether (sulfide) groups is 1. The maximum absolute atomic E-state index is 9.46. The van der Waals surface area contributed by atoms with Crippen molar-refractivity contribution in [2.75, 3.05) is 6.61 Å². The first-order valence-corrected chi connectivity index (χ1v) is 7.49. The Balaban J connectivity index is 2.57. The van der Waals surface area contributed by atoms with E-state index in [-0.39, 0.29) is 23.3 Å². The Labute approximate surface area is 119 Å². The minimum atomic E-state index is -0.0280. The van der Waals surface area contributed by atoms with Gasteiger partial charge in [-0.1, -0.05) is 44.5 Å². The Morgan fingerprint density at radius 2 is 1.83 bits per heavy atom. The smallest absolute Gasteiger partial charge is 0.0565 e. The van der Waals surface area contributed by atoms with Gasteiger partial charge in [0.2, 0.25) is 0 Å². The van der Waals surface area contributed by atoms with Gasteiger partial charge in [0.25, 0.3) is 0 Å². The highest BCUT2D eigenvalue weighted by Crippen LogP contribution is 2.28. The summed E-state index contributed by atoms with van der Waals surface area (Å²) in [5.74, 6) is 0.839. The van der Waals surface area contributed by atoms with Gasteiger partial charge in [0.15, 0.2) is 0 Å². The summed E-state index contributed by atoms with van der Waals surface area (Å²) in [6, 6.07) is 7.75. The molecule has 2 unspecified atom stereocenters. The second kappa shape index (κ2) is 6.80. The molecule has 102 valence electrons. The van der Waals surface area contributed by atoms with Crippen LogP contribution < -0.4 is 5.73 Å². The topological polar surface area (TPSA) is 46.2 Å². The highest BCUT2D eigenvalue weighted by molar-refractivity contribution is 7.99. The molecule has 0 saturated carbocycles. The van der Waals surface area contributed by atoms with Crippen LogP contribution in [-0.4, -0.2) is 23.0 Å². The third-order valence-electron chi connectivity index (χ3n) is 2.96. The maximum Gasteiger partial charge on any atom is 0.0565 e. The molecule has 0 aliphatic rings. The largest absolute Gasteiger partial charge is 0.395 e. The monoisotopic (exact) mass is 287 g/mol. The van der Waals surface area contributed by atoms with Crippen LogP contribution in [0.2, 0.25) is 5.02 Å². The molecular formula is C14H22ClNOS. The molecule has 2 atom stereocenters. The predicted octanol–water partition coefficient (Wildman–Crippen LogP) is 3.31. The maximum atomic E-state index is 9.46. The van der Waals surface area contributed by atoms with E-state index in [1.54, 1.807) is 11.8 Å². The number of benzene rings is 1. The van der Waals surface area contributed by atoms with E-state index in [1.807, 2.05) is 24.3 Å². The lowest BCUT2D eigenvalue weighted by Crippen LogP contribution is -2.45. The molecule has 3 N–H and O–H groups in total. The minimum Gasteiger partial charge on any atom is -0.395 e. The van der Waals surface area contributed by atoms with E-state index in [4.69, 9.17) is 17.3 Å². The standard InChI is InChI=1S/C14H22ClNOS/c1-14(2,3)13(16)12(8-17)18-9-10-4-6-11(15)7-5-10/h4-7,12-13,17H,8-9,16H2,1-3H3. The fourth-order valence-electron chi connectivity index (χ4n) is 1.61. The van der Waals surface area contributed by atoms with Gasteiger partial charge in [0.05, 0.1) is 6.61 Å². The molecule has 18 heavy (non-hydrogen) atoms. The highest BCUT2D eigenvalue weighted by atomic mass is 35.5. The quantitative estimate of drug-likeness (QED) is 0.873. The summed E-state index contributed by atoms with van der Waals surface area (Å²) in [7, 11) is 0.